The molecule has 0 aromatic rings. The van der Waals surface area contributed by atoms with E-state index in [4.69, 9.17) is 0 Å². The summed E-state index contributed by atoms with van der Waals surface area (Å²) in [6, 6.07) is 0.589. The number of carbonyl (C=O) groups is 1. The first-order valence-corrected chi connectivity index (χ1v) is 8.61. The Morgan fingerprint density at radius 1 is 1.19 bits per heavy atom. The minimum absolute atomic E-state index is 0.153. The second-order valence-electron chi connectivity index (χ2n) is 6.61. The summed E-state index contributed by atoms with van der Waals surface area (Å²) >= 11 is 0. The molecule has 2 saturated carbocycles. The summed E-state index contributed by atoms with van der Waals surface area (Å²) in [5, 5.41) is 16.2. The number of nitrogens with zero attached hydrogens (tertiary/aromatic N) is 1. The molecular weight excluding hydrogens is 266 g/mol. The van der Waals surface area contributed by atoms with Crippen molar-refractivity contribution < 1.29 is 9.90 Å². The average molecular weight is 297 g/mol. The summed E-state index contributed by atoms with van der Waals surface area (Å²) in [7, 11) is 0. The van der Waals surface area contributed by atoms with Gasteiger partial charge in [0.25, 0.3) is 0 Å². The van der Waals surface area contributed by atoms with Crippen LogP contribution in [0, 0.1) is 0 Å². The lowest BCUT2D eigenvalue weighted by Crippen LogP contribution is -2.47. The molecule has 0 saturated heterocycles. The number of hydrogen-bond donors (Lipinski definition) is 3. The van der Waals surface area contributed by atoms with E-state index in [0.717, 1.165) is 44.8 Å². The first-order valence-electron chi connectivity index (χ1n) is 8.61. The lowest BCUT2D eigenvalue weighted by Gasteiger charge is -2.27. The third-order valence-corrected chi connectivity index (χ3v) is 4.77. The minimum atomic E-state index is -0.697. The van der Waals surface area contributed by atoms with Gasteiger partial charge in [0.05, 0.1) is 5.60 Å². The number of urea groups is 1. The molecule has 0 atom stereocenters. The van der Waals surface area contributed by atoms with Crippen LogP contribution in [0.1, 0.15) is 58.3 Å². The minimum Gasteiger partial charge on any atom is -0.388 e. The van der Waals surface area contributed by atoms with E-state index in [1.807, 2.05) is 0 Å². The van der Waals surface area contributed by atoms with Crippen molar-refractivity contribution in [2.24, 2.45) is 0 Å². The molecule has 2 amide bonds. The number of aliphatic hydroxyl groups is 1. The zero-order chi connectivity index (χ0) is 15.1. The van der Waals surface area contributed by atoms with Crippen LogP contribution in [-0.2, 0) is 0 Å². The third-order valence-electron chi connectivity index (χ3n) is 4.77. The third kappa shape index (κ3) is 5.83. The Labute approximate surface area is 128 Å². The van der Waals surface area contributed by atoms with E-state index in [-0.39, 0.29) is 6.03 Å². The van der Waals surface area contributed by atoms with Crippen molar-refractivity contribution in [1.29, 1.82) is 0 Å². The molecule has 5 nitrogen and oxygen atoms in total. The molecule has 0 aromatic carbocycles. The number of likely N-dealkylation sites (N-methyl/N-ethyl adjacent to an activating group) is 1. The van der Waals surface area contributed by atoms with Gasteiger partial charge >= 0.3 is 6.03 Å². The van der Waals surface area contributed by atoms with Crippen LogP contribution >= 0.6 is 0 Å². The van der Waals surface area contributed by atoms with Crippen LogP contribution in [0.25, 0.3) is 0 Å². The van der Waals surface area contributed by atoms with Gasteiger partial charge in [0.1, 0.15) is 0 Å². The van der Waals surface area contributed by atoms with Crippen molar-refractivity contribution in [3.8, 4) is 0 Å². The Morgan fingerprint density at radius 2 is 1.86 bits per heavy atom. The first kappa shape index (κ1) is 16.6. The van der Waals surface area contributed by atoms with Gasteiger partial charge in [-0.1, -0.05) is 32.6 Å². The van der Waals surface area contributed by atoms with E-state index >= 15 is 0 Å². The van der Waals surface area contributed by atoms with Gasteiger partial charge in [-0.2, -0.15) is 0 Å². The van der Waals surface area contributed by atoms with Crippen molar-refractivity contribution in [3.05, 3.63) is 0 Å². The molecule has 0 heterocycles. The standard InChI is InChI=1S/C16H31N3O2/c1-2-19(14-7-8-14)12-11-17-15(20)18-13-16(21)9-5-3-4-6-10-16/h14,21H,2-13H2,1H3,(H2,17,18,20). The van der Waals surface area contributed by atoms with E-state index in [9.17, 15) is 9.90 Å². The van der Waals surface area contributed by atoms with Crippen molar-refractivity contribution in [2.75, 3.05) is 26.2 Å². The highest BCUT2D eigenvalue weighted by Gasteiger charge is 2.29. The van der Waals surface area contributed by atoms with E-state index in [2.05, 4.69) is 22.5 Å². The van der Waals surface area contributed by atoms with Crippen LogP contribution in [0.5, 0.6) is 0 Å². The van der Waals surface area contributed by atoms with Gasteiger partial charge in [0.2, 0.25) is 0 Å². The summed E-state index contributed by atoms with van der Waals surface area (Å²) < 4.78 is 0. The van der Waals surface area contributed by atoms with Crippen LogP contribution < -0.4 is 10.6 Å². The Kier molecular flexibility index (Phi) is 6.30. The molecule has 122 valence electrons. The van der Waals surface area contributed by atoms with Crippen LogP contribution in [0.4, 0.5) is 4.79 Å². The zero-order valence-corrected chi connectivity index (χ0v) is 13.4. The molecule has 3 N–H and O–H groups in total. The smallest absolute Gasteiger partial charge is 0.314 e. The van der Waals surface area contributed by atoms with Crippen molar-refractivity contribution in [3.63, 3.8) is 0 Å². The highest BCUT2D eigenvalue weighted by molar-refractivity contribution is 5.73. The Morgan fingerprint density at radius 3 is 2.43 bits per heavy atom. The monoisotopic (exact) mass is 297 g/mol. The maximum Gasteiger partial charge on any atom is 0.314 e. The van der Waals surface area contributed by atoms with E-state index in [0.29, 0.717) is 13.1 Å². The maximum absolute atomic E-state index is 11.8. The molecule has 2 fully saturated rings. The van der Waals surface area contributed by atoms with E-state index < -0.39 is 5.60 Å². The quantitative estimate of drug-likeness (QED) is 0.628. The fraction of sp³-hybridized carbons (Fsp3) is 0.938. The highest BCUT2D eigenvalue weighted by atomic mass is 16.3. The number of hydrogen-bond acceptors (Lipinski definition) is 3. The number of amides is 2. The molecule has 21 heavy (non-hydrogen) atoms. The largest absolute Gasteiger partial charge is 0.388 e. The molecule has 0 spiro atoms. The zero-order valence-electron chi connectivity index (χ0n) is 13.4. The predicted octanol–water partition coefficient (Wildman–Crippen LogP) is 1.86. The van der Waals surface area contributed by atoms with Crippen LogP contribution in [0.15, 0.2) is 0 Å². The van der Waals surface area contributed by atoms with Gasteiger partial charge in [-0.15, -0.1) is 0 Å². The normalized spacial score (nSPS) is 21.9. The van der Waals surface area contributed by atoms with Crippen LogP contribution in [0.3, 0.4) is 0 Å². The van der Waals surface area contributed by atoms with Gasteiger partial charge in [-0.25, -0.2) is 4.79 Å². The van der Waals surface area contributed by atoms with E-state index in [1.165, 1.54) is 25.7 Å². The van der Waals surface area contributed by atoms with Crippen LogP contribution in [0.2, 0.25) is 0 Å². The maximum atomic E-state index is 11.8. The molecule has 5 heteroatoms. The Balaban J connectivity index is 1.60. The number of carbonyl (C=O) groups excluding carboxylic acids is 1. The molecule has 0 radical (unpaired) electrons. The predicted molar refractivity (Wildman–Crippen MR) is 84.3 cm³/mol. The Hall–Kier alpha value is -0.810. The first-order chi connectivity index (χ1) is 10.1. The fourth-order valence-electron chi connectivity index (χ4n) is 3.22. The lowest BCUT2D eigenvalue weighted by atomic mass is 9.95. The van der Waals surface area contributed by atoms with Gasteiger partial charge in [0.15, 0.2) is 0 Å². The molecule has 0 bridgehead atoms. The number of rotatable bonds is 7. The van der Waals surface area contributed by atoms with Gasteiger partial charge in [0, 0.05) is 25.7 Å². The van der Waals surface area contributed by atoms with Crippen molar-refractivity contribution >= 4 is 6.03 Å². The Bertz CT molecular complexity index is 323. The van der Waals surface area contributed by atoms with Gasteiger partial charge < -0.3 is 15.7 Å². The summed E-state index contributed by atoms with van der Waals surface area (Å²) in [5.41, 5.74) is -0.697. The van der Waals surface area contributed by atoms with Crippen molar-refractivity contribution in [1.82, 2.24) is 15.5 Å². The van der Waals surface area contributed by atoms with E-state index in [1.54, 1.807) is 0 Å². The summed E-state index contributed by atoms with van der Waals surface area (Å²) in [5.74, 6) is 0. The summed E-state index contributed by atoms with van der Waals surface area (Å²) in [4.78, 5) is 14.2. The second-order valence-corrected chi connectivity index (χ2v) is 6.61. The molecule has 2 rings (SSSR count). The highest BCUT2D eigenvalue weighted by Crippen LogP contribution is 2.26. The fourth-order valence-corrected chi connectivity index (χ4v) is 3.22. The molecule has 0 aliphatic heterocycles. The van der Waals surface area contributed by atoms with Crippen molar-refractivity contribution in [2.45, 2.75) is 69.9 Å². The molecular formula is C16H31N3O2. The second kappa shape index (κ2) is 7.99. The SMILES string of the molecule is CCN(CCNC(=O)NCC1(O)CCCCCC1)C1CC1. The molecule has 0 aromatic heterocycles. The topological polar surface area (TPSA) is 64.6 Å². The van der Waals surface area contributed by atoms with Crippen LogP contribution in [-0.4, -0.2) is 53.9 Å². The van der Waals surface area contributed by atoms with Gasteiger partial charge in [-0.3, -0.25) is 4.90 Å². The summed E-state index contributed by atoms with van der Waals surface area (Å²) in [6.45, 7) is 5.18. The lowest BCUT2D eigenvalue weighted by molar-refractivity contribution is 0.0276. The number of nitrogens with one attached hydrogen (secondary N) is 2. The molecule has 0 unspecified atom stereocenters. The summed E-state index contributed by atoms with van der Waals surface area (Å²) in [6.07, 6.45) is 8.72. The average Bonchev–Trinajstić information content (AvgIpc) is 3.30. The molecule has 2 aliphatic carbocycles. The molecule has 2 aliphatic rings. The van der Waals surface area contributed by atoms with Gasteiger partial charge in [-0.05, 0) is 32.2 Å².